The molecule has 0 aliphatic heterocycles. The summed E-state index contributed by atoms with van der Waals surface area (Å²) in [6, 6.07) is 5.28. The molecule has 1 fully saturated rings. The van der Waals surface area contributed by atoms with Gasteiger partial charge in [-0.2, -0.15) is 0 Å². The van der Waals surface area contributed by atoms with Gasteiger partial charge < -0.3 is 5.11 Å². The van der Waals surface area contributed by atoms with Gasteiger partial charge in [0.2, 0.25) is 0 Å². The van der Waals surface area contributed by atoms with Gasteiger partial charge in [-0.1, -0.05) is 17.7 Å². The van der Waals surface area contributed by atoms with Gasteiger partial charge in [-0.15, -0.1) is 0 Å². The van der Waals surface area contributed by atoms with E-state index in [-0.39, 0.29) is 0 Å². The van der Waals surface area contributed by atoms with Crippen LogP contribution in [0, 0.1) is 12.8 Å². The SMILES string of the molecule is C/C(=C\c1cc(C(=O)O)ccc1C)C1CC1. The van der Waals surface area contributed by atoms with Crippen molar-refractivity contribution in [3.8, 4) is 0 Å². The first-order valence-corrected chi connectivity index (χ1v) is 5.60. The van der Waals surface area contributed by atoms with Gasteiger partial charge in [-0.3, -0.25) is 0 Å². The molecular weight excluding hydrogens is 200 g/mol. The molecule has 2 heteroatoms. The zero-order valence-electron chi connectivity index (χ0n) is 9.66. The number of aromatic carboxylic acids is 1. The summed E-state index contributed by atoms with van der Waals surface area (Å²) in [5.41, 5.74) is 3.89. The first-order valence-electron chi connectivity index (χ1n) is 5.60. The van der Waals surface area contributed by atoms with E-state index < -0.39 is 5.97 Å². The minimum atomic E-state index is -0.862. The smallest absolute Gasteiger partial charge is 0.335 e. The van der Waals surface area contributed by atoms with E-state index >= 15 is 0 Å². The van der Waals surface area contributed by atoms with E-state index in [9.17, 15) is 4.79 Å². The third kappa shape index (κ3) is 2.32. The fourth-order valence-corrected chi connectivity index (χ4v) is 1.83. The number of benzene rings is 1. The van der Waals surface area contributed by atoms with Crippen LogP contribution in [-0.4, -0.2) is 11.1 Å². The molecule has 0 spiro atoms. The van der Waals surface area contributed by atoms with Crippen molar-refractivity contribution in [3.63, 3.8) is 0 Å². The number of hydrogen-bond donors (Lipinski definition) is 1. The molecule has 0 atom stereocenters. The maximum Gasteiger partial charge on any atom is 0.335 e. The molecule has 0 bridgehead atoms. The normalized spacial score (nSPS) is 16.2. The summed E-state index contributed by atoms with van der Waals surface area (Å²) in [6.07, 6.45) is 4.68. The van der Waals surface area contributed by atoms with Crippen LogP contribution in [0.2, 0.25) is 0 Å². The molecule has 0 amide bonds. The van der Waals surface area contributed by atoms with Crippen LogP contribution in [0.5, 0.6) is 0 Å². The average Bonchev–Trinajstić information content (AvgIpc) is 3.04. The van der Waals surface area contributed by atoms with E-state index in [0.29, 0.717) is 5.56 Å². The summed E-state index contributed by atoms with van der Waals surface area (Å²) >= 11 is 0. The molecule has 1 N–H and O–H groups in total. The number of rotatable bonds is 3. The highest BCUT2D eigenvalue weighted by Gasteiger charge is 2.22. The number of hydrogen-bond acceptors (Lipinski definition) is 1. The quantitative estimate of drug-likeness (QED) is 0.839. The Bertz CT molecular complexity index is 454. The fraction of sp³-hybridized carbons (Fsp3) is 0.357. The zero-order chi connectivity index (χ0) is 11.7. The van der Waals surface area contributed by atoms with Gasteiger partial charge >= 0.3 is 5.97 Å². The number of carboxylic acid groups (broad SMARTS) is 1. The first kappa shape index (κ1) is 10.9. The van der Waals surface area contributed by atoms with Crippen molar-refractivity contribution in [1.82, 2.24) is 0 Å². The van der Waals surface area contributed by atoms with E-state index in [1.165, 1.54) is 18.4 Å². The highest BCUT2D eigenvalue weighted by Crippen LogP contribution is 2.37. The Labute approximate surface area is 95.6 Å². The molecule has 84 valence electrons. The van der Waals surface area contributed by atoms with E-state index in [4.69, 9.17) is 5.11 Å². The second kappa shape index (κ2) is 4.12. The van der Waals surface area contributed by atoms with Crippen molar-refractivity contribution in [1.29, 1.82) is 0 Å². The molecule has 1 aromatic carbocycles. The van der Waals surface area contributed by atoms with Crippen molar-refractivity contribution < 1.29 is 9.90 Å². The van der Waals surface area contributed by atoms with Crippen molar-refractivity contribution in [3.05, 3.63) is 40.5 Å². The van der Waals surface area contributed by atoms with Crippen LogP contribution in [0.1, 0.15) is 41.3 Å². The summed E-state index contributed by atoms with van der Waals surface area (Å²) in [5.74, 6) is -0.133. The first-order chi connectivity index (χ1) is 7.58. The molecule has 0 radical (unpaired) electrons. The third-order valence-electron chi connectivity index (χ3n) is 3.13. The Morgan fingerprint density at radius 2 is 2.12 bits per heavy atom. The highest BCUT2D eigenvalue weighted by atomic mass is 16.4. The predicted octanol–water partition coefficient (Wildman–Crippen LogP) is 3.51. The van der Waals surface area contributed by atoms with E-state index in [1.54, 1.807) is 12.1 Å². The lowest BCUT2D eigenvalue weighted by Crippen LogP contribution is -1.97. The highest BCUT2D eigenvalue weighted by molar-refractivity contribution is 5.88. The van der Waals surface area contributed by atoms with Crippen molar-refractivity contribution in [2.45, 2.75) is 26.7 Å². The van der Waals surface area contributed by atoms with Crippen LogP contribution >= 0.6 is 0 Å². The Hall–Kier alpha value is -1.57. The molecule has 1 aliphatic rings. The van der Waals surface area contributed by atoms with Crippen molar-refractivity contribution in [2.75, 3.05) is 0 Å². The summed E-state index contributed by atoms with van der Waals surface area (Å²) in [7, 11) is 0. The lowest BCUT2D eigenvalue weighted by Gasteiger charge is -2.04. The molecule has 1 aromatic rings. The second-order valence-electron chi connectivity index (χ2n) is 4.54. The Balaban J connectivity index is 2.34. The molecular formula is C14H16O2. The van der Waals surface area contributed by atoms with E-state index in [2.05, 4.69) is 13.0 Å². The van der Waals surface area contributed by atoms with Gasteiger partial charge in [0.15, 0.2) is 0 Å². The summed E-state index contributed by atoms with van der Waals surface area (Å²) in [6.45, 7) is 4.14. The largest absolute Gasteiger partial charge is 0.478 e. The van der Waals surface area contributed by atoms with Gasteiger partial charge in [-0.25, -0.2) is 4.79 Å². The van der Waals surface area contributed by atoms with Crippen LogP contribution < -0.4 is 0 Å². The van der Waals surface area contributed by atoms with Crippen molar-refractivity contribution >= 4 is 12.0 Å². The molecule has 16 heavy (non-hydrogen) atoms. The molecule has 0 unspecified atom stereocenters. The number of aryl methyl sites for hydroxylation is 1. The van der Waals surface area contributed by atoms with Gasteiger partial charge in [0.1, 0.15) is 0 Å². The fourth-order valence-electron chi connectivity index (χ4n) is 1.83. The van der Waals surface area contributed by atoms with Crippen LogP contribution in [0.25, 0.3) is 6.08 Å². The standard InChI is InChI=1S/C14H16O2/c1-9-3-4-12(14(15)16)8-13(9)7-10(2)11-5-6-11/h3-4,7-8,11H,5-6H2,1-2H3,(H,15,16)/b10-7+. The Kier molecular flexibility index (Phi) is 2.82. The van der Waals surface area contributed by atoms with E-state index in [1.807, 2.05) is 13.0 Å². The topological polar surface area (TPSA) is 37.3 Å². The molecule has 0 heterocycles. The van der Waals surface area contributed by atoms with Gasteiger partial charge in [0.05, 0.1) is 5.56 Å². The van der Waals surface area contributed by atoms with Crippen molar-refractivity contribution in [2.24, 2.45) is 5.92 Å². The molecule has 0 aromatic heterocycles. The van der Waals surface area contributed by atoms with E-state index in [0.717, 1.165) is 17.0 Å². The average molecular weight is 216 g/mol. The molecule has 2 nitrogen and oxygen atoms in total. The summed E-state index contributed by atoms with van der Waals surface area (Å²) in [4.78, 5) is 10.9. The molecule has 1 aliphatic carbocycles. The molecule has 1 saturated carbocycles. The summed E-state index contributed by atoms with van der Waals surface area (Å²) in [5, 5.41) is 8.94. The summed E-state index contributed by atoms with van der Waals surface area (Å²) < 4.78 is 0. The maximum atomic E-state index is 10.9. The maximum absolute atomic E-state index is 10.9. The third-order valence-corrected chi connectivity index (χ3v) is 3.13. The Morgan fingerprint density at radius 1 is 1.44 bits per heavy atom. The predicted molar refractivity (Wildman–Crippen MR) is 64.5 cm³/mol. The van der Waals surface area contributed by atoms with Crippen LogP contribution in [0.15, 0.2) is 23.8 Å². The lowest BCUT2D eigenvalue weighted by atomic mass is 10.0. The van der Waals surface area contributed by atoms with Gasteiger partial charge in [-0.05, 0) is 55.9 Å². The lowest BCUT2D eigenvalue weighted by molar-refractivity contribution is 0.0697. The minimum absolute atomic E-state index is 0.362. The van der Waals surface area contributed by atoms with Gasteiger partial charge in [0.25, 0.3) is 0 Å². The van der Waals surface area contributed by atoms with Crippen LogP contribution in [0.3, 0.4) is 0 Å². The number of carboxylic acids is 1. The minimum Gasteiger partial charge on any atom is -0.478 e. The molecule has 2 rings (SSSR count). The monoisotopic (exact) mass is 216 g/mol. The molecule has 0 saturated heterocycles. The van der Waals surface area contributed by atoms with Crippen LogP contribution in [-0.2, 0) is 0 Å². The second-order valence-corrected chi connectivity index (χ2v) is 4.54. The number of carbonyl (C=O) groups is 1. The zero-order valence-corrected chi connectivity index (χ0v) is 9.66. The Morgan fingerprint density at radius 3 is 2.69 bits per heavy atom. The van der Waals surface area contributed by atoms with Gasteiger partial charge in [0, 0.05) is 0 Å². The number of allylic oxidation sites excluding steroid dienone is 1. The van der Waals surface area contributed by atoms with Crippen LogP contribution in [0.4, 0.5) is 0 Å².